The first-order valence-corrected chi connectivity index (χ1v) is 9.98. The monoisotopic (exact) mass is 380 g/mol. The quantitative estimate of drug-likeness (QED) is 0.517. The van der Waals surface area contributed by atoms with Crippen molar-refractivity contribution in [3.8, 4) is 0 Å². The number of nitrogens with zero attached hydrogens (tertiary/aromatic N) is 3. The Morgan fingerprint density at radius 3 is 2.73 bits per heavy atom. The molecule has 0 aliphatic carbocycles. The Bertz CT molecular complexity index is 999. The second kappa shape index (κ2) is 7.72. The average molecular weight is 380 g/mol. The van der Waals surface area contributed by atoms with Crippen LogP contribution in [0, 0.1) is 0 Å². The third-order valence-corrected chi connectivity index (χ3v) is 5.76. The number of carbonyl (C=O) groups is 1. The summed E-state index contributed by atoms with van der Waals surface area (Å²) in [5.41, 5.74) is 1.84. The first-order valence-electron chi connectivity index (χ1n) is 8.11. The summed E-state index contributed by atoms with van der Waals surface area (Å²) in [7, 11) is 0. The SMILES string of the molecule is O=C(CSc1nnc2ccccn12)N[C@@H](c1ccccc1)c1cccs1. The van der Waals surface area contributed by atoms with Gasteiger partial charge in [0.25, 0.3) is 0 Å². The van der Waals surface area contributed by atoms with Gasteiger partial charge in [0.2, 0.25) is 5.91 Å². The molecule has 0 fully saturated rings. The molecule has 4 rings (SSSR count). The summed E-state index contributed by atoms with van der Waals surface area (Å²) in [6, 6.07) is 19.6. The van der Waals surface area contributed by atoms with Gasteiger partial charge in [0.1, 0.15) is 0 Å². The number of thiophene rings is 1. The predicted molar refractivity (Wildman–Crippen MR) is 104 cm³/mol. The molecule has 5 nitrogen and oxygen atoms in total. The molecule has 0 radical (unpaired) electrons. The highest BCUT2D eigenvalue weighted by atomic mass is 32.2. The molecule has 4 aromatic rings. The molecule has 0 unspecified atom stereocenters. The van der Waals surface area contributed by atoms with E-state index in [1.165, 1.54) is 11.8 Å². The van der Waals surface area contributed by atoms with Gasteiger partial charge in [0.05, 0.1) is 11.8 Å². The third-order valence-electron chi connectivity index (χ3n) is 3.88. The van der Waals surface area contributed by atoms with E-state index < -0.39 is 0 Å². The second-order valence-electron chi connectivity index (χ2n) is 5.63. The van der Waals surface area contributed by atoms with Gasteiger partial charge in [-0.25, -0.2) is 0 Å². The molecular weight excluding hydrogens is 364 g/mol. The van der Waals surface area contributed by atoms with E-state index in [1.807, 2.05) is 76.6 Å². The van der Waals surface area contributed by atoms with Gasteiger partial charge < -0.3 is 5.32 Å². The minimum absolute atomic E-state index is 0.0371. The van der Waals surface area contributed by atoms with Crippen molar-refractivity contribution in [2.45, 2.75) is 11.2 Å². The number of nitrogens with one attached hydrogen (secondary N) is 1. The number of carbonyl (C=O) groups excluding carboxylic acids is 1. The lowest BCUT2D eigenvalue weighted by Gasteiger charge is -2.18. The molecule has 1 aromatic carbocycles. The highest BCUT2D eigenvalue weighted by Gasteiger charge is 2.18. The molecule has 0 bridgehead atoms. The number of hydrogen-bond acceptors (Lipinski definition) is 5. The smallest absolute Gasteiger partial charge is 0.231 e. The molecule has 1 amide bonds. The number of benzene rings is 1. The standard InChI is InChI=1S/C19H16N4OS2/c24-17(13-26-19-22-21-16-10-4-5-11-23(16)19)20-18(15-9-6-12-25-15)14-7-2-1-3-8-14/h1-12,18H,13H2,(H,20,24)/t18-/m0/s1. The van der Waals surface area contributed by atoms with E-state index in [1.54, 1.807) is 11.3 Å². The molecule has 0 aliphatic rings. The van der Waals surface area contributed by atoms with Crippen molar-refractivity contribution in [2.24, 2.45) is 0 Å². The summed E-state index contributed by atoms with van der Waals surface area (Å²) < 4.78 is 1.88. The van der Waals surface area contributed by atoms with Crippen LogP contribution in [0.2, 0.25) is 0 Å². The Kier molecular flexibility index (Phi) is 4.99. The van der Waals surface area contributed by atoms with Gasteiger partial charge in [0.15, 0.2) is 10.8 Å². The van der Waals surface area contributed by atoms with E-state index in [0.29, 0.717) is 5.16 Å². The Hall–Kier alpha value is -2.64. The van der Waals surface area contributed by atoms with E-state index in [9.17, 15) is 4.79 Å². The van der Waals surface area contributed by atoms with Crippen molar-refractivity contribution >= 4 is 34.7 Å². The summed E-state index contributed by atoms with van der Waals surface area (Å²) >= 11 is 3.02. The summed E-state index contributed by atoms with van der Waals surface area (Å²) in [5, 5.41) is 14.1. The fourth-order valence-electron chi connectivity index (χ4n) is 2.67. The van der Waals surface area contributed by atoms with E-state index in [-0.39, 0.29) is 17.7 Å². The number of pyridine rings is 1. The largest absolute Gasteiger partial charge is 0.344 e. The van der Waals surface area contributed by atoms with Gasteiger partial charge in [-0.1, -0.05) is 54.2 Å². The molecular formula is C19H16N4OS2. The number of thioether (sulfide) groups is 1. The van der Waals surface area contributed by atoms with Crippen molar-refractivity contribution in [1.82, 2.24) is 19.9 Å². The summed E-state index contributed by atoms with van der Waals surface area (Å²) in [6.45, 7) is 0. The molecule has 26 heavy (non-hydrogen) atoms. The van der Waals surface area contributed by atoms with Crippen LogP contribution in [0.4, 0.5) is 0 Å². The van der Waals surface area contributed by atoms with Gasteiger partial charge in [-0.15, -0.1) is 21.5 Å². The van der Waals surface area contributed by atoms with Crippen molar-refractivity contribution in [1.29, 1.82) is 0 Å². The predicted octanol–water partition coefficient (Wildman–Crippen LogP) is 3.79. The summed E-state index contributed by atoms with van der Waals surface area (Å²) in [4.78, 5) is 13.7. The van der Waals surface area contributed by atoms with Crippen LogP contribution in [0.3, 0.4) is 0 Å². The maximum atomic E-state index is 12.6. The van der Waals surface area contributed by atoms with Crippen LogP contribution in [-0.4, -0.2) is 26.3 Å². The summed E-state index contributed by atoms with van der Waals surface area (Å²) in [5.74, 6) is 0.245. The molecule has 130 valence electrons. The van der Waals surface area contributed by atoms with Crippen molar-refractivity contribution in [2.75, 3.05) is 5.75 Å². The van der Waals surface area contributed by atoms with Crippen molar-refractivity contribution in [3.63, 3.8) is 0 Å². The van der Waals surface area contributed by atoms with Crippen LogP contribution in [-0.2, 0) is 4.79 Å². The van der Waals surface area contributed by atoms with Crippen LogP contribution >= 0.6 is 23.1 Å². The van der Waals surface area contributed by atoms with Gasteiger partial charge >= 0.3 is 0 Å². The topological polar surface area (TPSA) is 59.3 Å². The number of amides is 1. The number of fused-ring (bicyclic) bond motifs is 1. The third kappa shape index (κ3) is 3.63. The number of rotatable bonds is 6. The molecule has 0 saturated carbocycles. The van der Waals surface area contributed by atoms with E-state index in [4.69, 9.17) is 0 Å². The molecule has 7 heteroatoms. The first-order chi connectivity index (χ1) is 12.8. The summed E-state index contributed by atoms with van der Waals surface area (Å²) in [6.07, 6.45) is 1.90. The maximum absolute atomic E-state index is 12.6. The second-order valence-corrected chi connectivity index (χ2v) is 7.55. The van der Waals surface area contributed by atoms with Crippen molar-refractivity contribution < 1.29 is 4.79 Å². The Morgan fingerprint density at radius 2 is 1.92 bits per heavy atom. The van der Waals surface area contributed by atoms with Gasteiger partial charge in [-0.2, -0.15) is 0 Å². The Labute approximate surface area is 159 Å². The molecule has 1 N–H and O–H groups in total. The zero-order chi connectivity index (χ0) is 17.8. The number of hydrogen-bond donors (Lipinski definition) is 1. The van der Waals surface area contributed by atoms with Crippen LogP contribution in [0.15, 0.2) is 77.4 Å². The number of aromatic nitrogens is 3. The van der Waals surface area contributed by atoms with Crippen LogP contribution < -0.4 is 5.32 Å². The molecule has 1 atom stereocenters. The molecule has 0 spiro atoms. The van der Waals surface area contributed by atoms with Crippen molar-refractivity contribution in [3.05, 3.63) is 82.7 Å². The van der Waals surface area contributed by atoms with Gasteiger partial charge in [0, 0.05) is 11.1 Å². The molecule has 3 aromatic heterocycles. The Balaban J connectivity index is 1.47. The minimum Gasteiger partial charge on any atom is -0.344 e. The molecule has 0 aliphatic heterocycles. The molecule has 0 saturated heterocycles. The van der Waals surface area contributed by atoms with E-state index >= 15 is 0 Å². The zero-order valence-electron chi connectivity index (χ0n) is 13.8. The van der Waals surface area contributed by atoms with Crippen LogP contribution in [0.5, 0.6) is 0 Å². The van der Waals surface area contributed by atoms with Gasteiger partial charge in [-0.05, 0) is 29.1 Å². The van der Waals surface area contributed by atoms with Gasteiger partial charge in [-0.3, -0.25) is 9.20 Å². The zero-order valence-corrected chi connectivity index (χ0v) is 15.4. The van der Waals surface area contributed by atoms with E-state index in [0.717, 1.165) is 16.1 Å². The Morgan fingerprint density at radius 1 is 1.08 bits per heavy atom. The van der Waals surface area contributed by atoms with Crippen LogP contribution in [0.25, 0.3) is 5.65 Å². The molecule has 3 heterocycles. The fraction of sp³-hybridized carbons (Fsp3) is 0.105. The highest BCUT2D eigenvalue weighted by molar-refractivity contribution is 7.99. The lowest BCUT2D eigenvalue weighted by atomic mass is 10.1. The van der Waals surface area contributed by atoms with Crippen LogP contribution in [0.1, 0.15) is 16.5 Å². The lowest BCUT2D eigenvalue weighted by Crippen LogP contribution is -2.30. The fourth-order valence-corrected chi connectivity index (χ4v) is 4.21. The first kappa shape index (κ1) is 16.8. The maximum Gasteiger partial charge on any atom is 0.231 e. The normalized spacial score (nSPS) is 12.2. The highest BCUT2D eigenvalue weighted by Crippen LogP contribution is 2.26. The lowest BCUT2D eigenvalue weighted by molar-refractivity contribution is -0.119. The van der Waals surface area contributed by atoms with E-state index in [2.05, 4.69) is 15.5 Å². The average Bonchev–Trinajstić information content (AvgIpc) is 3.35. The minimum atomic E-state index is -0.139.